The van der Waals surface area contributed by atoms with Crippen molar-refractivity contribution in [3.8, 4) is 0 Å². The Hall–Kier alpha value is -1.000. The number of benzene rings is 1. The van der Waals surface area contributed by atoms with Gasteiger partial charge in [-0.05, 0) is 5.56 Å². The van der Waals surface area contributed by atoms with E-state index in [4.69, 9.17) is 51.2 Å². The summed E-state index contributed by atoms with van der Waals surface area (Å²) in [6.45, 7) is 0.189. The molecule has 104 valence electrons. The van der Waals surface area contributed by atoms with E-state index in [0.717, 1.165) is 5.56 Å². The minimum atomic E-state index is -0.626. The number of Topliss-reactive ketones (excluding diaryl/α,β-unsaturated/α-hetero) is 1. The van der Waals surface area contributed by atoms with Gasteiger partial charge in [0.25, 0.3) is 0 Å². The summed E-state index contributed by atoms with van der Waals surface area (Å²) < 4.78 is 0. The van der Waals surface area contributed by atoms with Crippen molar-refractivity contribution in [2.24, 2.45) is 5.16 Å². The normalized spacial score (nSPS) is 18.0. The molecule has 0 aromatic heterocycles. The Morgan fingerprint density at radius 3 is 2.15 bits per heavy atom. The molecule has 0 bridgehead atoms. The third-order valence-corrected chi connectivity index (χ3v) is 4.21. The van der Waals surface area contributed by atoms with Crippen molar-refractivity contribution < 1.29 is 9.63 Å². The maximum absolute atomic E-state index is 11.9. The summed E-state index contributed by atoms with van der Waals surface area (Å²) in [4.78, 5) is 17.0. The van der Waals surface area contributed by atoms with E-state index >= 15 is 0 Å². The van der Waals surface area contributed by atoms with Crippen LogP contribution in [-0.4, -0.2) is 11.5 Å². The molecule has 1 aromatic carbocycles. The summed E-state index contributed by atoms with van der Waals surface area (Å²) in [7, 11) is 0. The number of hydrogen-bond acceptors (Lipinski definition) is 3. The molecule has 0 amide bonds. The van der Waals surface area contributed by atoms with Gasteiger partial charge in [0.2, 0.25) is 5.78 Å². The Morgan fingerprint density at radius 1 is 0.900 bits per heavy atom. The van der Waals surface area contributed by atoms with E-state index in [1.807, 2.05) is 30.3 Å². The van der Waals surface area contributed by atoms with Gasteiger partial charge in [-0.3, -0.25) is 4.79 Å². The van der Waals surface area contributed by atoms with Crippen molar-refractivity contribution in [2.45, 2.75) is 6.61 Å². The number of carbonyl (C=O) groups is 1. The summed E-state index contributed by atoms with van der Waals surface area (Å²) >= 11 is 23.3. The molecule has 7 heteroatoms. The molecule has 1 aromatic rings. The number of halogens is 4. The molecule has 2 rings (SSSR count). The highest BCUT2D eigenvalue weighted by Crippen LogP contribution is 2.35. The lowest BCUT2D eigenvalue weighted by molar-refractivity contribution is -0.109. The van der Waals surface area contributed by atoms with Crippen LogP contribution in [0.5, 0.6) is 0 Å². The van der Waals surface area contributed by atoms with Crippen molar-refractivity contribution in [3.05, 3.63) is 56.0 Å². The fourth-order valence-corrected chi connectivity index (χ4v) is 2.29. The zero-order chi connectivity index (χ0) is 14.7. The summed E-state index contributed by atoms with van der Waals surface area (Å²) in [6.07, 6.45) is 0. The van der Waals surface area contributed by atoms with Crippen molar-refractivity contribution >= 4 is 57.9 Å². The van der Waals surface area contributed by atoms with Gasteiger partial charge in [-0.2, -0.15) is 0 Å². The van der Waals surface area contributed by atoms with Crippen LogP contribution in [0.3, 0.4) is 0 Å². The minimum Gasteiger partial charge on any atom is -0.390 e. The van der Waals surface area contributed by atoms with Gasteiger partial charge in [0.05, 0.1) is 15.1 Å². The van der Waals surface area contributed by atoms with Crippen molar-refractivity contribution in [1.29, 1.82) is 0 Å². The molecule has 0 spiro atoms. The van der Waals surface area contributed by atoms with Crippen molar-refractivity contribution in [1.82, 2.24) is 0 Å². The summed E-state index contributed by atoms with van der Waals surface area (Å²) in [5.74, 6) is -0.626. The average Bonchev–Trinajstić information content (AvgIpc) is 2.48. The Kier molecular flexibility index (Phi) is 5.11. The van der Waals surface area contributed by atoms with Gasteiger partial charge in [0.1, 0.15) is 11.6 Å². The van der Waals surface area contributed by atoms with Crippen LogP contribution in [0, 0.1) is 0 Å². The standard InChI is InChI=1S/C13H7Cl4NO2/c14-8-9(15)11(17)13(19)12(10(8)16)18-20-6-7-4-2-1-3-5-7/h1-5H,6H2. The summed E-state index contributed by atoms with van der Waals surface area (Å²) in [5, 5.41) is 3.25. The Balaban J connectivity index is 2.17. The molecule has 0 aliphatic heterocycles. The summed E-state index contributed by atoms with van der Waals surface area (Å²) in [6, 6.07) is 9.32. The third kappa shape index (κ3) is 3.18. The monoisotopic (exact) mass is 349 g/mol. The number of allylic oxidation sites excluding steroid dienone is 4. The lowest BCUT2D eigenvalue weighted by Crippen LogP contribution is -2.20. The Labute approximate surface area is 135 Å². The lowest BCUT2D eigenvalue weighted by atomic mass is 10.1. The molecule has 20 heavy (non-hydrogen) atoms. The van der Waals surface area contributed by atoms with Crippen LogP contribution in [0.1, 0.15) is 5.56 Å². The zero-order valence-electron chi connectivity index (χ0n) is 9.87. The van der Waals surface area contributed by atoms with E-state index in [2.05, 4.69) is 5.16 Å². The van der Waals surface area contributed by atoms with Crippen LogP contribution in [-0.2, 0) is 16.2 Å². The molecular weight excluding hydrogens is 344 g/mol. The fraction of sp³-hybridized carbons (Fsp3) is 0.0769. The number of ketones is 1. The van der Waals surface area contributed by atoms with E-state index in [1.54, 1.807) is 0 Å². The number of hydrogen-bond donors (Lipinski definition) is 0. The van der Waals surface area contributed by atoms with E-state index < -0.39 is 5.78 Å². The Bertz CT molecular complexity index is 635. The molecule has 0 radical (unpaired) electrons. The maximum Gasteiger partial charge on any atom is 0.229 e. The van der Waals surface area contributed by atoms with Gasteiger partial charge in [0, 0.05) is 0 Å². The van der Waals surface area contributed by atoms with E-state index in [0.29, 0.717) is 0 Å². The molecule has 3 nitrogen and oxygen atoms in total. The molecule has 0 saturated heterocycles. The first-order valence-corrected chi connectivity index (χ1v) is 6.93. The maximum atomic E-state index is 11.9. The van der Waals surface area contributed by atoms with Gasteiger partial charge in [-0.15, -0.1) is 0 Å². The van der Waals surface area contributed by atoms with E-state index in [-0.39, 0.29) is 32.4 Å². The topological polar surface area (TPSA) is 38.7 Å². The molecule has 0 N–H and O–H groups in total. The highest BCUT2D eigenvalue weighted by Gasteiger charge is 2.31. The van der Waals surface area contributed by atoms with Crippen LogP contribution in [0.25, 0.3) is 0 Å². The second-order valence-corrected chi connectivity index (χ2v) is 5.30. The highest BCUT2D eigenvalue weighted by atomic mass is 35.5. The molecular formula is C13H7Cl4NO2. The van der Waals surface area contributed by atoms with Crippen LogP contribution in [0.2, 0.25) is 0 Å². The molecule has 0 heterocycles. The SMILES string of the molecule is O=C1C(=NOCc2ccccc2)C(Cl)=C(Cl)C(Cl)=C1Cl. The van der Waals surface area contributed by atoms with Crippen LogP contribution in [0.4, 0.5) is 0 Å². The largest absolute Gasteiger partial charge is 0.390 e. The van der Waals surface area contributed by atoms with Gasteiger partial charge < -0.3 is 4.84 Å². The highest BCUT2D eigenvalue weighted by molar-refractivity contribution is 6.73. The van der Waals surface area contributed by atoms with Crippen LogP contribution >= 0.6 is 46.4 Å². The van der Waals surface area contributed by atoms with Crippen molar-refractivity contribution in [3.63, 3.8) is 0 Å². The van der Waals surface area contributed by atoms with Gasteiger partial charge >= 0.3 is 0 Å². The molecule has 0 saturated carbocycles. The second kappa shape index (κ2) is 6.64. The first-order valence-electron chi connectivity index (χ1n) is 5.42. The van der Waals surface area contributed by atoms with Crippen LogP contribution < -0.4 is 0 Å². The molecule has 0 fully saturated rings. The molecule has 1 aliphatic rings. The van der Waals surface area contributed by atoms with Gasteiger partial charge in [0.15, 0.2) is 5.71 Å². The number of oxime groups is 1. The summed E-state index contributed by atoms with van der Waals surface area (Å²) in [5.41, 5.74) is 0.730. The van der Waals surface area contributed by atoms with Crippen molar-refractivity contribution in [2.75, 3.05) is 0 Å². The predicted octanol–water partition coefficient (Wildman–Crippen LogP) is 4.52. The smallest absolute Gasteiger partial charge is 0.229 e. The molecule has 0 unspecified atom stereocenters. The predicted molar refractivity (Wildman–Crippen MR) is 81.1 cm³/mol. The van der Waals surface area contributed by atoms with E-state index in [9.17, 15) is 4.79 Å². The number of nitrogens with zero attached hydrogens (tertiary/aromatic N) is 1. The Morgan fingerprint density at radius 2 is 1.50 bits per heavy atom. The van der Waals surface area contributed by atoms with E-state index in [1.165, 1.54) is 0 Å². The van der Waals surface area contributed by atoms with Crippen LogP contribution in [0.15, 0.2) is 55.6 Å². The third-order valence-electron chi connectivity index (χ3n) is 2.43. The average molecular weight is 351 g/mol. The molecule has 0 atom stereocenters. The lowest BCUT2D eigenvalue weighted by Gasteiger charge is -2.12. The van der Waals surface area contributed by atoms with Gasteiger partial charge in [-0.1, -0.05) is 81.9 Å². The second-order valence-electron chi connectivity index (χ2n) is 3.78. The minimum absolute atomic E-state index is 0.0278. The number of carbonyl (C=O) groups excluding carboxylic acids is 1. The zero-order valence-corrected chi connectivity index (χ0v) is 12.9. The molecule has 1 aliphatic carbocycles. The number of rotatable bonds is 3. The fourth-order valence-electron chi connectivity index (χ4n) is 1.43. The quantitative estimate of drug-likeness (QED) is 0.593. The first-order chi connectivity index (χ1) is 9.52. The van der Waals surface area contributed by atoms with Gasteiger partial charge in [-0.25, -0.2) is 0 Å². The first kappa shape index (κ1) is 15.4.